The monoisotopic (exact) mass is 510 g/mol. The maximum Gasteiger partial charge on any atom is 1.00 e. The molecule has 0 saturated heterocycles. The summed E-state index contributed by atoms with van der Waals surface area (Å²) >= 11 is 0. The van der Waals surface area contributed by atoms with Crippen molar-refractivity contribution in [1.29, 1.82) is 0 Å². The minimum Gasteiger partial charge on any atom is -0.662 e. The fraction of sp³-hybridized carbons (Fsp3) is 0.625. The van der Waals surface area contributed by atoms with Crippen LogP contribution in [-0.2, 0) is 26.1 Å². The number of aryl methyl sites for hydroxylation is 1. The van der Waals surface area contributed by atoms with Gasteiger partial charge in [0.2, 0.25) is 0 Å². The zero-order valence-corrected chi connectivity index (χ0v) is 23.6. The Hall–Kier alpha value is -1.13. The quantitative estimate of drug-likeness (QED) is 0.126. The standard InChI is InChI=1S/C20H33O.C4H6O7S.Na/c1-3-5-6-7-8-9-10-11-12-13-16-19-17-14-15-18-20(19)21-4-2;5-3(6)1-2(4(7)8)12(9,10)11;/h4,14-15,17-18H,3,5-13,16H2,1-2H3;2H,1H2,(H,5,6)(H,7,8)(H,9,10,11);/q-1;;+1. The van der Waals surface area contributed by atoms with Gasteiger partial charge in [-0.25, -0.2) is 0 Å². The molecule has 0 heterocycles. The molecular weight excluding hydrogens is 471 g/mol. The molecular formula is C24H39NaO8S. The normalized spacial score (nSPS) is 11.5. The molecule has 10 heteroatoms. The Kier molecular flexibility index (Phi) is 21.8. The van der Waals surface area contributed by atoms with Crippen molar-refractivity contribution in [3.63, 3.8) is 0 Å². The van der Waals surface area contributed by atoms with E-state index in [-0.39, 0.29) is 29.6 Å². The van der Waals surface area contributed by atoms with Crippen LogP contribution >= 0.6 is 0 Å². The molecule has 1 rings (SSSR count). The molecule has 1 unspecified atom stereocenters. The van der Waals surface area contributed by atoms with Crippen molar-refractivity contribution in [3.8, 4) is 5.75 Å². The SMILES string of the molecule is C[CH-]Oc1ccccc1CCCCCCCCCCCC.O=C(O)CC(C(=O)O)S(=O)(=O)O.[Na+]. The van der Waals surface area contributed by atoms with E-state index in [0.717, 1.165) is 12.2 Å². The number of carbonyl (C=O) groups is 2. The Balaban J connectivity index is 0. The zero-order valence-electron chi connectivity index (χ0n) is 20.7. The number of aliphatic carboxylic acids is 2. The summed E-state index contributed by atoms with van der Waals surface area (Å²) in [7, 11) is -4.84. The average molecular weight is 511 g/mol. The van der Waals surface area contributed by atoms with Crippen LogP contribution in [0.4, 0.5) is 0 Å². The molecule has 0 bridgehead atoms. The summed E-state index contributed by atoms with van der Waals surface area (Å²) in [4.78, 5) is 20.0. The molecule has 3 N–H and O–H groups in total. The van der Waals surface area contributed by atoms with E-state index in [2.05, 4.69) is 25.1 Å². The predicted octanol–water partition coefficient (Wildman–Crippen LogP) is 2.52. The third kappa shape index (κ3) is 18.2. The maximum absolute atomic E-state index is 10.2. The Morgan fingerprint density at radius 3 is 1.85 bits per heavy atom. The van der Waals surface area contributed by atoms with Gasteiger partial charge in [0.25, 0.3) is 10.1 Å². The number of benzene rings is 1. The first-order valence-electron chi connectivity index (χ1n) is 11.6. The van der Waals surface area contributed by atoms with E-state index < -0.39 is 33.7 Å². The molecule has 8 nitrogen and oxygen atoms in total. The largest absolute Gasteiger partial charge is 1.00 e. The van der Waals surface area contributed by atoms with E-state index in [9.17, 15) is 18.0 Å². The van der Waals surface area contributed by atoms with Crippen molar-refractivity contribution in [1.82, 2.24) is 0 Å². The number of para-hydroxylation sites is 1. The van der Waals surface area contributed by atoms with Crippen LogP contribution in [0.15, 0.2) is 24.3 Å². The number of hydrogen-bond acceptors (Lipinski definition) is 5. The summed E-state index contributed by atoms with van der Waals surface area (Å²) in [5, 5.41) is 13.9. The molecule has 0 amide bonds. The Morgan fingerprint density at radius 1 is 0.941 bits per heavy atom. The van der Waals surface area contributed by atoms with Gasteiger partial charge in [-0.2, -0.15) is 21.9 Å². The van der Waals surface area contributed by atoms with Crippen LogP contribution in [0.3, 0.4) is 0 Å². The van der Waals surface area contributed by atoms with Crippen LogP contribution in [0, 0.1) is 6.61 Å². The second kappa shape index (κ2) is 21.2. The first-order valence-corrected chi connectivity index (χ1v) is 13.1. The third-order valence-corrected chi connectivity index (χ3v) is 6.10. The molecule has 190 valence electrons. The first-order chi connectivity index (χ1) is 15.6. The van der Waals surface area contributed by atoms with E-state index in [0.29, 0.717) is 0 Å². The van der Waals surface area contributed by atoms with Crippen LogP contribution < -0.4 is 34.3 Å². The topological polar surface area (TPSA) is 138 Å². The van der Waals surface area contributed by atoms with Gasteiger partial charge >= 0.3 is 41.5 Å². The van der Waals surface area contributed by atoms with Gasteiger partial charge in [-0.3, -0.25) is 14.1 Å². The van der Waals surface area contributed by atoms with Crippen molar-refractivity contribution in [2.75, 3.05) is 0 Å². The molecule has 1 aromatic rings. The molecule has 0 aliphatic heterocycles. The number of rotatable bonds is 17. The fourth-order valence-electron chi connectivity index (χ4n) is 3.23. The number of ether oxygens (including phenoxy) is 1. The summed E-state index contributed by atoms with van der Waals surface area (Å²) in [5.74, 6) is -2.48. The average Bonchev–Trinajstić information content (AvgIpc) is 2.74. The van der Waals surface area contributed by atoms with Crippen LogP contribution in [0.5, 0.6) is 5.75 Å². The summed E-state index contributed by atoms with van der Waals surface area (Å²) in [6.07, 6.45) is 13.9. The van der Waals surface area contributed by atoms with Gasteiger partial charge in [0.05, 0.1) is 12.2 Å². The molecule has 0 aromatic heterocycles. The molecule has 1 atom stereocenters. The second-order valence-corrected chi connectivity index (χ2v) is 9.43. The van der Waals surface area contributed by atoms with Crippen LogP contribution in [0.25, 0.3) is 0 Å². The van der Waals surface area contributed by atoms with Crippen LogP contribution in [0.1, 0.15) is 90.0 Å². The first kappa shape index (κ1) is 35.0. The number of carboxylic acids is 2. The van der Waals surface area contributed by atoms with Crippen molar-refractivity contribution in [3.05, 3.63) is 36.4 Å². The minimum atomic E-state index is -4.84. The van der Waals surface area contributed by atoms with Gasteiger partial charge in [-0.15, -0.1) is 0 Å². The van der Waals surface area contributed by atoms with E-state index >= 15 is 0 Å². The van der Waals surface area contributed by atoms with Gasteiger partial charge in [-0.05, 0) is 24.5 Å². The van der Waals surface area contributed by atoms with Crippen molar-refractivity contribution >= 4 is 22.1 Å². The number of unbranched alkanes of at least 4 members (excludes halogenated alkanes) is 9. The second-order valence-electron chi connectivity index (χ2n) is 7.83. The van der Waals surface area contributed by atoms with Crippen molar-refractivity contribution in [2.45, 2.75) is 96.1 Å². The molecule has 0 aliphatic rings. The summed E-state index contributed by atoms with van der Waals surface area (Å²) in [5.41, 5.74) is 1.34. The number of carboxylic acid groups (broad SMARTS) is 2. The molecule has 0 fully saturated rings. The molecule has 0 radical (unpaired) electrons. The van der Waals surface area contributed by atoms with E-state index in [1.54, 1.807) is 6.61 Å². The van der Waals surface area contributed by atoms with E-state index in [4.69, 9.17) is 19.5 Å². The molecule has 34 heavy (non-hydrogen) atoms. The zero-order chi connectivity index (χ0) is 25.1. The van der Waals surface area contributed by atoms with Gasteiger partial charge in [-0.1, -0.05) is 82.9 Å². The molecule has 0 saturated carbocycles. The van der Waals surface area contributed by atoms with Crippen LogP contribution in [-0.4, -0.2) is 40.4 Å². The molecule has 1 aromatic carbocycles. The Morgan fingerprint density at radius 2 is 1.44 bits per heavy atom. The fourth-order valence-corrected chi connectivity index (χ4v) is 3.84. The Bertz CT molecular complexity index is 783. The summed E-state index contributed by atoms with van der Waals surface area (Å²) < 4.78 is 34.2. The van der Waals surface area contributed by atoms with Crippen molar-refractivity contribution < 1.29 is 67.1 Å². The smallest absolute Gasteiger partial charge is 0.662 e. The van der Waals surface area contributed by atoms with Gasteiger partial charge < -0.3 is 14.9 Å². The predicted molar refractivity (Wildman–Crippen MR) is 128 cm³/mol. The molecule has 0 spiro atoms. The van der Waals surface area contributed by atoms with Crippen molar-refractivity contribution in [2.24, 2.45) is 0 Å². The molecule has 0 aliphatic carbocycles. The van der Waals surface area contributed by atoms with Gasteiger partial charge in [0.15, 0.2) is 5.25 Å². The van der Waals surface area contributed by atoms with Crippen LogP contribution in [0.2, 0.25) is 0 Å². The summed E-state index contributed by atoms with van der Waals surface area (Å²) in [6, 6.07) is 8.40. The van der Waals surface area contributed by atoms with E-state index in [1.807, 2.05) is 13.0 Å². The maximum atomic E-state index is 10.2. The van der Waals surface area contributed by atoms with E-state index in [1.165, 1.54) is 69.8 Å². The Labute approximate surface area is 226 Å². The third-order valence-electron chi connectivity index (χ3n) is 5.01. The number of hydrogen-bond donors (Lipinski definition) is 3. The minimum absolute atomic E-state index is 0. The van der Waals surface area contributed by atoms with Gasteiger partial charge in [0.1, 0.15) is 0 Å². The summed E-state index contributed by atoms with van der Waals surface area (Å²) in [6.45, 7) is 5.97. The van der Waals surface area contributed by atoms with Gasteiger partial charge in [0, 0.05) is 0 Å².